The normalized spacial score (nSPS) is 11.2. The Morgan fingerprint density at radius 2 is 2.16 bits per heavy atom. The highest BCUT2D eigenvalue weighted by Crippen LogP contribution is 2.07. The number of aromatic nitrogens is 1. The fourth-order valence-corrected chi connectivity index (χ4v) is 1.52. The monoisotopic (exact) mass is 264 g/mol. The summed E-state index contributed by atoms with van der Waals surface area (Å²) in [7, 11) is 1.61. The fourth-order valence-electron chi connectivity index (χ4n) is 1.52. The Bertz CT molecular complexity index is 376. The molecule has 1 heterocycles. The highest BCUT2D eigenvalue weighted by molar-refractivity contribution is 5.79. The second kappa shape index (κ2) is 9.19. The zero-order valence-electron chi connectivity index (χ0n) is 12.1. The third-order valence-corrected chi connectivity index (χ3v) is 2.59. The van der Waals surface area contributed by atoms with Crippen LogP contribution in [0.5, 0.6) is 5.88 Å². The highest BCUT2D eigenvalue weighted by atomic mass is 16.5. The Hall–Kier alpha value is -1.78. The summed E-state index contributed by atoms with van der Waals surface area (Å²) in [6, 6.07) is 3.83. The fraction of sp³-hybridized carbons (Fsp3) is 0.571. The Kier molecular flexibility index (Phi) is 7.39. The predicted molar refractivity (Wildman–Crippen MR) is 78.5 cm³/mol. The number of methoxy groups -OCH3 is 1. The Morgan fingerprint density at radius 3 is 2.74 bits per heavy atom. The Balaban J connectivity index is 2.52. The topological polar surface area (TPSA) is 58.5 Å². The van der Waals surface area contributed by atoms with Crippen LogP contribution in [-0.4, -0.2) is 31.1 Å². The summed E-state index contributed by atoms with van der Waals surface area (Å²) in [5, 5.41) is 6.54. The molecule has 0 unspecified atom stereocenters. The van der Waals surface area contributed by atoms with E-state index in [0.717, 1.165) is 31.0 Å². The third kappa shape index (κ3) is 6.08. The van der Waals surface area contributed by atoms with Crippen LogP contribution in [0.3, 0.4) is 0 Å². The molecule has 1 aromatic heterocycles. The summed E-state index contributed by atoms with van der Waals surface area (Å²) in [6.07, 6.45) is 4.11. The van der Waals surface area contributed by atoms with Gasteiger partial charge in [0.05, 0.1) is 13.7 Å². The van der Waals surface area contributed by atoms with E-state index in [9.17, 15) is 0 Å². The number of nitrogens with one attached hydrogen (secondary N) is 2. The third-order valence-electron chi connectivity index (χ3n) is 2.59. The molecule has 0 saturated carbocycles. The number of rotatable bonds is 7. The van der Waals surface area contributed by atoms with Crippen molar-refractivity contribution in [3.05, 3.63) is 23.9 Å². The van der Waals surface area contributed by atoms with Gasteiger partial charge >= 0.3 is 0 Å². The van der Waals surface area contributed by atoms with Crippen LogP contribution in [0.15, 0.2) is 23.3 Å². The second-order valence-corrected chi connectivity index (χ2v) is 4.18. The smallest absolute Gasteiger partial charge is 0.212 e. The molecule has 0 aliphatic carbocycles. The molecule has 1 rings (SSSR count). The van der Waals surface area contributed by atoms with E-state index in [1.807, 2.05) is 12.1 Å². The summed E-state index contributed by atoms with van der Waals surface area (Å²) in [5.74, 6) is 1.48. The van der Waals surface area contributed by atoms with E-state index < -0.39 is 0 Å². The van der Waals surface area contributed by atoms with Crippen molar-refractivity contribution in [3.63, 3.8) is 0 Å². The van der Waals surface area contributed by atoms with E-state index in [0.29, 0.717) is 12.4 Å². The molecular weight excluding hydrogens is 240 g/mol. The molecule has 19 heavy (non-hydrogen) atoms. The van der Waals surface area contributed by atoms with Gasteiger partial charge in [0.2, 0.25) is 5.88 Å². The standard InChI is InChI=1S/C14H24N4O/c1-4-6-9-16-14(15-5-2)18-11-12-7-8-13(19-3)17-10-12/h7-8,10H,4-6,9,11H2,1-3H3,(H2,15,16,18). The minimum atomic E-state index is 0.610. The lowest BCUT2D eigenvalue weighted by Crippen LogP contribution is -2.37. The summed E-state index contributed by atoms with van der Waals surface area (Å²) in [6.45, 7) is 6.65. The highest BCUT2D eigenvalue weighted by Gasteiger charge is 1.98. The number of aliphatic imine (C=N–C) groups is 1. The molecule has 0 radical (unpaired) electrons. The molecular formula is C14H24N4O. The second-order valence-electron chi connectivity index (χ2n) is 4.18. The quantitative estimate of drug-likeness (QED) is 0.449. The van der Waals surface area contributed by atoms with Crippen LogP contribution in [0.2, 0.25) is 0 Å². The molecule has 0 fully saturated rings. The van der Waals surface area contributed by atoms with Gasteiger partial charge < -0.3 is 15.4 Å². The number of hydrogen-bond donors (Lipinski definition) is 2. The molecule has 1 aromatic rings. The maximum absolute atomic E-state index is 5.03. The first-order valence-electron chi connectivity index (χ1n) is 6.81. The molecule has 5 nitrogen and oxygen atoms in total. The van der Waals surface area contributed by atoms with Crippen LogP contribution in [0.1, 0.15) is 32.3 Å². The zero-order chi connectivity index (χ0) is 13.9. The average molecular weight is 264 g/mol. The Morgan fingerprint density at radius 1 is 1.32 bits per heavy atom. The van der Waals surface area contributed by atoms with Crippen molar-refractivity contribution in [3.8, 4) is 5.88 Å². The van der Waals surface area contributed by atoms with E-state index in [1.165, 1.54) is 6.42 Å². The van der Waals surface area contributed by atoms with Gasteiger partial charge in [0.15, 0.2) is 5.96 Å². The molecule has 0 atom stereocenters. The molecule has 0 bridgehead atoms. The van der Waals surface area contributed by atoms with Crippen LogP contribution in [0, 0.1) is 0 Å². The number of ether oxygens (including phenoxy) is 1. The molecule has 0 spiro atoms. The minimum absolute atomic E-state index is 0.610. The van der Waals surface area contributed by atoms with E-state index in [1.54, 1.807) is 13.3 Å². The molecule has 5 heteroatoms. The first-order chi connectivity index (χ1) is 9.30. The lowest BCUT2D eigenvalue weighted by Gasteiger charge is -2.10. The summed E-state index contributed by atoms with van der Waals surface area (Å²) in [4.78, 5) is 8.69. The van der Waals surface area contributed by atoms with Gasteiger partial charge in [-0.2, -0.15) is 0 Å². The number of hydrogen-bond acceptors (Lipinski definition) is 3. The van der Waals surface area contributed by atoms with Crippen LogP contribution < -0.4 is 15.4 Å². The van der Waals surface area contributed by atoms with E-state index in [2.05, 4.69) is 34.5 Å². The van der Waals surface area contributed by atoms with Crippen LogP contribution in [-0.2, 0) is 6.54 Å². The SMILES string of the molecule is CCCCNC(=NCc1ccc(OC)nc1)NCC. The zero-order valence-corrected chi connectivity index (χ0v) is 12.1. The van der Waals surface area contributed by atoms with Gasteiger partial charge in [-0.25, -0.2) is 9.98 Å². The van der Waals surface area contributed by atoms with Crippen molar-refractivity contribution in [2.24, 2.45) is 4.99 Å². The molecule has 0 aromatic carbocycles. The van der Waals surface area contributed by atoms with E-state index >= 15 is 0 Å². The summed E-state index contributed by atoms with van der Waals surface area (Å²) in [5.41, 5.74) is 1.06. The summed E-state index contributed by atoms with van der Waals surface area (Å²) < 4.78 is 5.03. The average Bonchev–Trinajstić information content (AvgIpc) is 2.45. The lowest BCUT2D eigenvalue weighted by molar-refractivity contribution is 0.397. The van der Waals surface area contributed by atoms with Crippen LogP contribution in [0.4, 0.5) is 0 Å². The number of guanidine groups is 1. The van der Waals surface area contributed by atoms with Crippen molar-refractivity contribution in [2.75, 3.05) is 20.2 Å². The lowest BCUT2D eigenvalue weighted by atomic mass is 10.3. The number of pyridine rings is 1. The first kappa shape index (κ1) is 15.3. The molecule has 2 N–H and O–H groups in total. The molecule has 0 aliphatic heterocycles. The van der Waals surface area contributed by atoms with Gasteiger partial charge in [-0.1, -0.05) is 19.4 Å². The van der Waals surface area contributed by atoms with Gasteiger partial charge in [0.1, 0.15) is 0 Å². The van der Waals surface area contributed by atoms with E-state index in [-0.39, 0.29) is 0 Å². The maximum atomic E-state index is 5.03. The van der Waals surface area contributed by atoms with Crippen LogP contribution >= 0.6 is 0 Å². The van der Waals surface area contributed by atoms with Crippen molar-refractivity contribution in [1.29, 1.82) is 0 Å². The molecule has 0 amide bonds. The van der Waals surface area contributed by atoms with Gasteiger partial charge in [-0.3, -0.25) is 0 Å². The van der Waals surface area contributed by atoms with E-state index in [4.69, 9.17) is 4.74 Å². The van der Waals surface area contributed by atoms with Crippen molar-refractivity contribution < 1.29 is 4.74 Å². The van der Waals surface area contributed by atoms with Gasteiger partial charge in [0.25, 0.3) is 0 Å². The maximum Gasteiger partial charge on any atom is 0.212 e. The van der Waals surface area contributed by atoms with Gasteiger partial charge in [-0.15, -0.1) is 0 Å². The molecule has 0 saturated heterocycles. The summed E-state index contributed by atoms with van der Waals surface area (Å²) >= 11 is 0. The molecule has 106 valence electrons. The van der Waals surface area contributed by atoms with Crippen molar-refractivity contribution >= 4 is 5.96 Å². The number of unbranched alkanes of at least 4 members (excludes halogenated alkanes) is 1. The minimum Gasteiger partial charge on any atom is -0.481 e. The van der Waals surface area contributed by atoms with Crippen molar-refractivity contribution in [2.45, 2.75) is 33.2 Å². The van der Waals surface area contributed by atoms with Gasteiger partial charge in [0, 0.05) is 25.4 Å². The van der Waals surface area contributed by atoms with Crippen LogP contribution in [0.25, 0.3) is 0 Å². The van der Waals surface area contributed by atoms with Crippen molar-refractivity contribution in [1.82, 2.24) is 15.6 Å². The first-order valence-corrected chi connectivity index (χ1v) is 6.81. The predicted octanol–water partition coefficient (Wildman–Crippen LogP) is 1.95. The Labute approximate surface area is 115 Å². The van der Waals surface area contributed by atoms with Gasteiger partial charge in [-0.05, 0) is 18.9 Å². The number of nitrogens with zero attached hydrogens (tertiary/aromatic N) is 2. The molecule has 0 aliphatic rings. The largest absolute Gasteiger partial charge is 0.481 e.